The molecule has 0 unspecified atom stereocenters. The lowest BCUT2D eigenvalue weighted by Crippen LogP contribution is -2.20. The van der Waals surface area contributed by atoms with Crippen LogP contribution in [0.2, 0.25) is 5.02 Å². The van der Waals surface area contributed by atoms with E-state index in [4.69, 9.17) is 20.8 Å². The summed E-state index contributed by atoms with van der Waals surface area (Å²) >= 11 is 6.03. The molecule has 0 radical (unpaired) electrons. The number of hydrogen-bond donors (Lipinski definition) is 1. The van der Waals surface area contributed by atoms with Crippen molar-refractivity contribution < 1.29 is 13.9 Å². The quantitative estimate of drug-likeness (QED) is 0.456. The van der Waals surface area contributed by atoms with Crippen LogP contribution in [0.3, 0.4) is 0 Å². The van der Waals surface area contributed by atoms with Gasteiger partial charge in [0, 0.05) is 11.3 Å². The standard InChI is InChI=1S/C23H19ClN2O3/c1-14-7-9-17(15(2)11-14)23-26-19-12-16(8-10-21(19)29-23)25-22(27)13-28-20-6-4-3-5-18(20)24/h3-12H,13H2,1-2H3,(H,25,27). The third kappa shape index (κ3) is 4.25. The van der Waals surface area contributed by atoms with Gasteiger partial charge >= 0.3 is 0 Å². The molecular weight excluding hydrogens is 388 g/mol. The van der Waals surface area contributed by atoms with Gasteiger partial charge in [0.25, 0.3) is 5.91 Å². The highest BCUT2D eigenvalue weighted by atomic mass is 35.5. The number of hydrogen-bond acceptors (Lipinski definition) is 4. The molecule has 0 aliphatic carbocycles. The molecule has 1 amide bonds. The topological polar surface area (TPSA) is 64.4 Å². The Bertz CT molecular complexity index is 1200. The largest absolute Gasteiger partial charge is 0.482 e. The maximum absolute atomic E-state index is 12.2. The maximum Gasteiger partial charge on any atom is 0.262 e. The van der Waals surface area contributed by atoms with Crippen LogP contribution in [0.5, 0.6) is 5.75 Å². The summed E-state index contributed by atoms with van der Waals surface area (Å²) in [5.74, 6) is 0.736. The number of benzene rings is 3. The Balaban J connectivity index is 1.49. The number of anilines is 1. The van der Waals surface area contributed by atoms with E-state index in [-0.39, 0.29) is 12.5 Å². The Morgan fingerprint density at radius 2 is 1.93 bits per heavy atom. The van der Waals surface area contributed by atoms with Gasteiger partial charge in [-0.3, -0.25) is 4.79 Å². The predicted molar refractivity (Wildman–Crippen MR) is 114 cm³/mol. The highest BCUT2D eigenvalue weighted by Crippen LogP contribution is 2.29. The van der Waals surface area contributed by atoms with Crippen molar-refractivity contribution in [1.29, 1.82) is 0 Å². The molecule has 3 aromatic carbocycles. The summed E-state index contributed by atoms with van der Waals surface area (Å²) in [4.78, 5) is 16.8. The zero-order valence-electron chi connectivity index (χ0n) is 16.0. The number of halogens is 1. The number of para-hydroxylation sites is 1. The van der Waals surface area contributed by atoms with E-state index in [0.717, 1.165) is 11.1 Å². The van der Waals surface area contributed by atoms with E-state index in [1.807, 2.05) is 26.0 Å². The monoisotopic (exact) mass is 406 g/mol. The summed E-state index contributed by atoms with van der Waals surface area (Å²) in [7, 11) is 0. The fourth-order valence-corrected chi connectivity index (χ4v) is 3.27. The lowest BCUT2D eigenvalue weighted by atomic mass is 10.1. The Hall–Kier alpha value is -3.31. The molecule has 0 spiro atoms. The molecule has 0 aliphatic heterocycles. The molecule has 0 saturated carbocycles. The average Bonchev–Trinajstić information content (AvgIpc) is 3.10. The summed E-state index contributed by atoms with van der Waals surface area (Å²) in [5, 5.41) is 3.26. The van der Waals surface area contributed by atoms with Crippen LogP contribution in [0, 0.1) is 13.8 Å². The van der Waals surface area contributed by atoms with Gasteiger partial charge in [-0.2, -0.15) is 0 Å². The first-order valence-electron chi connectivity index (χ1n) is 9.15. The first-order chi connectivity index (χ1) is 14.0. The van der Waals surface area contributed by atoms with Crippen LogP contribution in [0.1, 0.15) is 11.1 Å². The van der Waals surface area contributed by atoms with Crippen molar-refractivity contribution in [2.24, 2.45) is 0 Å². The molecule has 4 aromatic rings. The van der Waals surface area contributed by atoms with Gasteiger partial charge < -0.3 is 14.5 Å². The number of ether oxygens (including phenoxy) is 1. The Morgan fingerprint density at radius 1 is 1.10 bits per heavy atom. The van der Waals surface area contributed by atoms with E-state index < -0.39 is 0 Å². The van der Waals surface area contributed by atoms with Crippen molar-refractivity contribution in [2.75, 3.05) is 11.9 Å². The number of oxazole rings is 1. The summed E-state index contributed by atoms with van der Waals surface area (Å²) < 4.78 is 11.4. The van der Waals surface area contributed by atoms with E-state index in [0.29, 0.717) is 33.4 Å². The lowest BCUT2D eigenvalue weighted by molar-refractivity contribution is -0.118. The van der Waals surface area contributed by atoms with E-state index in [9.17, 15) is 4.79 Å². The number of rotatable bonds is 5. The van der Waals surface area contributed by atoms with E-state index in [2.05, 4.69) is 16.4 Å². The van der Waals surface area contributed by atoms with Gasteiger partial charge in [-0.15, -0.1) is 0 Å². The second-order valence-corrected chi connectivity index (χ2v) is 7.19. The molecule has 29 heavy (non-hydrogen) atoms. The van der Waals surface area contributed by atoms with Gasteiger partial charge in [0.05, 0.1) is 5.02 Å². The number of fused-ring (bicyclic) bond motifs is 1. The summed E-state index contributed by atoms with van der Waals surface area (Å²) in [5.41, 5.74) is 5.18. The normalized spacial score (nSPS) is 10.9. The zero-order chi connectivity index (χ0) is 20.4. The van der Waals surface area contributed by atoms with Crippen molar-refractivity contribution in [1.82, 2.24) is 4.98 Å². The van der Waals surface area contributed by atoms with Crippen LogP contribution >= 0.6 is 11.6 Å². The highest BCUT2D eigenvalue weighted by molar-refractivity contribution is 6.32. The van der Waals surface area contributed by atoms with E-state index in [1.54, 1.807) is 42.5 Å². The summed E-state index contributed by atoms with van der Waals surface area (Å²) in [6, 6.07) is 18.5. The van der Waals surface area contributed by atoms with Gasteiger partial charge in [-0.05, 0) is 55.8 Å². The minimum Gasteiger partial charge on any atom is -0.482 e. The zero-order valence-corrected chi connectivity index (χ0v) is 16.8. The van der Waals surface area contributed by atoms with E-state index in [1.165, 1.54) is 5.56 Å². The van der Waals surface area contributed by atoms with Gasteiger partial charge in [-0.25, -0.2) is 4.98 Å². The Labute approximate surface area is 173 Å². The van der Waals surface area contributed by atoms with Crippen LogP contribution in [0.4, 0.5) is 5.69 Å². The second kappa shape index (κ2) is 7.97. The van der Waals surface area contributed by atoms with Crippen LogP contribution < -0.4 is 10.1 Å². The smallest absolute Gasteiger partial charge is 0.262 e. The van der Waals surface area contributed by atoms with Gasteiger partial charge in [0.1, 0.15) is 11.3 Å². The summed E-state index contributed by atoms with van der Waals surface area (Å²) in [6.45, 7) is 3.93. The molecule has 0 bridgehead atoms. The first kappa shape index (κ1) is 19.0. The molecule has 1 N–H and O–H groups in total. The minimum absolute atomic E-state index is 0.144. The number of nitrogens with zero attached hydrogens (tertiary/aromatic N) is 1. The number of nitrogens with one attached hydrogen (secondary N) is 1. The minimum atomic E-state index is -0.289. The van der Waals surface area contributed by atoms with E-state index >= 15 is 0 Å². The van der Waals surface area contributed by atoms with Crippen molar-refractivity contribution in [3.05, 3.63) is 76.8 Å². The summed E-state index contributed by atoms with van der Waals surface area (Å²) in [6.07, 6.45) is 0. The molecule has 1 aromatic heterocycles. The van der Waals surface area contributed by atoms with Crippen LogP contribution in [-0.4, -0.2) is 17.5 Å². The number of aromatic nitrogens is 1. The molecule has 1 heterocycles. The molecule has 4 rings (SSSR count). The third-order valence-electron chi connectivity index (χ3n) is 4.48. The molecule has 5 nitrogen and oxygen atoms in total. The fraction of sp³-hybridized carbons (Fsp3) is 0.130. The Morgan fingerprint density at radius 3 is 2.72 bits per heavy atom. The SMILES string of the molecule is Cc1ccc(-c2nc3cc(NC(=O)COc4ccccc4Cl)ccc3o2)c(C)c1. The first-order valence-corrected chi connectivity index (χ1v) is 9.53. The van der Waals surface area contributed by atoms with Crippen molar-refractivity contribution in [2.45, 2.75) is 13.8 Å². The van der Waals surface area contributed by atoms with Crippen molar-refractivity contribution in [3.8, 4) is 17.2 Å². The molecule has 0 aliphatic rings. The van der Waals surface area contributed by atoms with Crippen LogP contribution in [0.15, 0.2) is 65.1 Å². The van der Waals surface area contributed by atoms with Crippen molar-refractivity contribution in [3.63, 3.8) is 0 Å². The third-order valence-corrected chi connectivity index (χ3v) is 4.79. The molecule has 6 heteroatoms. The lowest BCUT2D eigenvalue weighted by Gasteiger charge is -2.08. The molecule has 0 fully saturated rings. The maximum atomic E-state index is 12.2. The van der Waals surface area contributed by atoms with Gasteiger partial charge in [0.2, 0.25) is 5.89 Å². The second-order valence-electron chi connectivity index (χ2n) is 6.79. The number of amides is 1. The highest BCUT2D eigenvalue weighted by Gasteiger charge is 2.12. The van der Waals surface area contributed by atoms with Gasteiger partial charge in [0.15, 0.2) is 12.2 Å². The number of aryl methyl sites for hydroxylation is 2. The average molecular weight is 407 g/mol. The van der Waals surface area contributed by atoms with Crippen LogP contribution in [0.25, 0.3) is 22.6 Å². The number of carbonyl (C=O) groups excluding carboxylic acids is 1. The van der Waals surface area contributed by atoms with Crippen LogP contribution in [-0.2, 0) is 4.79 Å². The molecule has 0 atom stereocenters. The predicted octanol–water partition coefficient (Wildman–Crippen LogP) is 5.78. The molecule has 146 valence electrons. The molecular formula is C23H19ClN2O3. The van der Waals surface area contributed by atoms with Gasteiger partial charge in [-0.1, -0.05) is 41.4 Å². The number of carbonyl (C=O) groups is 1. The van der Waals surface area contributed by atoms with Crippen molar-refractivity contribution >= 4 is 34.3 Å². The fourth-order valence-electron chi connectivity index (χ4n) is 3.08. The molecule has 0 saturated heterocycles. The Kier molecular flexibility index (Phi) is 5.23.